The molecule has 0 aliphatic heterocycles. The van der Waals surface area contributed by atoms with E-state index in [1.165, 1.54) is 30.6 Å². The standard InChI is InChI=1S/C18H17FN4O/c1-23(11-13-5-3-2-4-6-13)17-16(20)18(22-12-21-17)24-15-9-7-14(19)8-10-15/h2-10,12H,11,20H2,1H3. The summed E-state index contributed by atoms with van der Waals surface area (Å²) in [5.74, 6) is 0.942. The van der Waals surface area contributed by atoms with Gasteiger partial charge in [0.25, 0.3) is 0 Å². The van der Waals surface area contributed by atoms with Crippen molar-refractivity contribution in [2.24, 2.45) is 0 Å². The lowest BCUT2D eigenvalue weighted by atomic mass is 10.2. The summed E-state index contributed by atoms with van der Waals surface area (Å²) in [5.41, 5.74) is 7.62. The van der Waals surface area contributed by atoms with E-state index in [2.05, 4.69) is 9.97 Å². The Labute approximate surface area is 139 Å². The van der Waals surface area contributed by atoms with E-state index in [1.54, 1.807) is 0 Å². The van der Waals surface area contributed by atoms with Gasteiger partial charge in [0.15, 0.2) is 5.82 Å². The summed E-state index contributed by atoms with van der Waals surface area (Å²) >= 11 is 0. The number of anilines is 2. The smallest absolute Gasteiger partial charge is 0.248 e. The number of hydrogen-bond acceptors (Lipinski definition) is 5. The van der Waals surface area contributed by atoms with Gasteiger partial charge in [-0.15, -0.1) is 0 Å². The zero-order valence-electron chi connectivity index (χ0n) is 13.2. The van der Waals surface area contributed by atoms with Crippen LogP contribution in [-0.2, 0) is 6.54 Å². The first kappa shape index (κ1) is 15.7. The van der Waals surface area contributed by atoms with Crippen LogP contribution in [0.15, 0.2) is 60.9 Å². The van der Waals surface area contributed by atoms with Crippen molar-refractivity contribution in [2.45, 2.75) is 6.54 Å². The molecule has 24 heavy (non-hydrogen) atoms. The highest BCUT2D eigenvalue weighted by atomic mass is 19.1. The third kappa shape index (κ3) is 3.60. The number of benzene rings is 2. The molecule has 0 unspecified atom stereocenters. The van der Waals surface area contributed by atoms with Crippen molar-refractivity contribution in [1.29, 1.82) is 0 Å². The van der Waals surface area contributed by atoms with Crippen LogP contribution in [0.1, 0.15) is 5.56 Å². The van der Waals surface area contributed by atoms with Crippen LogP contribution in [-0.4, -0.2) is 17.0 Å². The molecular weight excluding hydrogens is 307 g/mol. The molecule has 0 aliphatic rings. The van der Waals surface area contributed by atoms with Crippen LogP contribution in [0.5, 0.6) is 11.6 Å². The van der Waals surface area contributed by atoms with E-state index >= 15 is 0 Å². The number of nitrogen functional groups attached to an aromatic ring is 1. The van der Waals surface area contributed by atoms with Gasteiger partial charge in [0, 0.05) is 13.6 Å². The fourth-order valence-corrected chi connectivity index (χ4v) is 2.30. The lowest BCUT2D eigenvalue weighted by Gasteiger charge is -2.20. The molecule has 0 amide bonds. The number of hydrogen-bond donors (Lipinski definition) is 1. The van der Waals surface area contributed by atoms with Crippen molar-refractivity contribution in [3.8, 4) is 11.6 Å². The van der Waals surface area contributed by atoms with Crippen molar-refractivity contribution in [1.82, 2.24) is 9.97 Å². The van der Waals surface area contributed by atoms with Gasteiger partial charge in [-0.25, -0.2) is 9.37 Å². The predicted octanol–water partition coefficient (Wildman–Crippen LogP) is 3.63. The molecule has 0 radical (unpaired) electrons. The molecule has 5 nitrogen and oxygen atoms in total. The summed E-state index contributed by atoms with van der Waals surface area (Å²) in [4.78, 5) is 10.2. The maximum absolute atomic E-state index is 13.0. The fraction of sp³-hybridized carbons (Fsp3) is 0.111. The maximum Gasteiger partial charge on any atom is 0.248 e. The topological polar surface area (TPSA) is 64.3 Å². The Hall–Kier alpha value is -3.15. The fourth-order valence-electron chi connectivity index (χ4n) is 2.30. The Morgan fingerprint density at radius 1 is 1.04 bits per heavy atom. The average Bonchev–Trinajstić information content (AvgIpc) is 2.59. The summed E-state index contributed by atoms with van der Waals surface area (Å²) in [7, 11) is 1.90. The highest BCUT2D eigenvalue weighted by molar-refractivity contribution is 5.68. The number of aromatic nitrogens is 2. The molecule has 2 N–H and O–H groups in total. The van der Waals surface area contributed by atoms with E-state index in [0.717, 1.165) is 5.56 Å². The number of nitrogens with two attached hydrogens (primary N) is 1. The largest absolute Gasteiger partial charge is 0.437 e. The van der Waals surface area contributed by atoms with Crippen LogP contribution < -0.4 is 15.4 Å². The summed E-state index contributed by atoms with van der Waals surface area (Å²) in [6, 6.07) is 15.7. The molecule has 0 atom stereocenters. The third-order valence-corrected chi connectivity index (χ3v) is 3.48. The Morgan fingerprint density at radius 3 is 2.46 bits per heavy atom. The minimum Gasteiger partial charge on any atom is -0.437 e. The van der Waals surface area contributed by atoms with E-state index in [0.29, 0.717) is 23.8 Å². The molecule has 0 fully saturated rings. The first-order valence-corrected chi connectivity index (χ1v) is 7.42. The zero-order valence-corrected chi connectivity index (χ0v) is 13.2. The second-order valence-corrected chi connectivity index (χ2v) is 5.31. The van der Waals surface area contributed by atoms with E-state index in [4.69, 9.17) is 10.5 Å². The Balaban J connectivity index is 1.81. The molecule has 0 saturated carbocycles. The highest BCUT2D eigenvalue weighted by Crippen LogP contribution is 2.31. The van der Waals surface area contributed by atoms with Gasteiger partial charge in [0.05, 0.1) is 0 Å². The van der Waals surface area contributed by atoms with Crippen LogP contribution >= 0.6 is 0 Å². The second-order valence-electron chi connectivity index (χ2n) is 5.31. The Bertz CT molecular complexity index is 809. The van der Waals surface area contributed by atoms with Gasteiger partial charge in [-0.3, -0.25) is 0 Å². The van der Waals surface area contributed by atoms with Gasteiger partial charge in [-0.1, -0.05) is 30.3 Å². The molecule has 0 spiro atoms. The summed E-state index contributed by atoms with van der Waals surface area (Å²) in [5, 5.41) is 0. The van der Waals surface area contributed by atoms with Gasteiger partial charge in [0.1, 0.15) is 23.6 Å². The monoisotopic (exact) mass is 324 g/mol. The van der Waals surface area contributed by atoms with Crippen molar-refractivity contribution in [3.63, 3.8) is 0 Å². The van der Waals surface area contributed by atoms with Gasteiger partial charge >= 0.3 is 0 Å². The maximum atomic E-state index is 13.0. The summed E-state index contributed by atoms with van der Waals surface area (Å²) in [6.45, 7) is 0.651. The van der Waals surface area contributed by atoms with E-state index < -0.39 is 0 Å². The van der Waals surface area contributed by atoms with Crippen LogP contribution in [0.2, 0.25) is 0 Å². The highest BCUT2D eigenvalue weighted by Gasteiger charge is 2.14. The lowest BCUT2D eigenvalue weighted by Crippen LogP contribution is -2.19. The van der Waals surface area contributed by atoms with Crippen molar-refractivity contribution in [2.75, 3.05) is 17.7 Å². The number of halogens is 1. The molecule has 2 aromatic carbocycles. The predicted molar refractivity (Wildman–Crippen MR) is 91.5 cm³/mol. The summed E-state index contributed by atoms with van der Waals surface area (Å²) in [6.07, 6.45) is 1.39. The molecule has 6 heteroatoms. The molecule has 3 rings (SSSR count). The average molecular weight is 324 g/mol. The number of rotatable bonds is 5. The molecule has 1 heterocycles. The van der Waals surface area contributed by atoms with Gasteiger partial charge < -0.3 is 15.4 Å². The number of nitrogens with zero attached hydrogens (tertiary/aromatic N) is 3. The van der Waals surface area contributed by atoms with Crippen molar-refractivity contribution < 1.29 is 9.13 Å². The Morgan fingerprint density at radius 2 is 1.75 bits per heavy atom. The lowest BCUT2D eigenvalue weighted by molar-refractivity contribution is 0.462. The Kier molecular flexibility index (Phi) is 4.56. The first-order chi connectivity index (χ1) is 11.6. The third-order valence-electron chi connectivity index (χ3n) is 3.48. The van der Waals surface area contributed by atoms with E-state index in [9.17, 15) is 4.39 Å². The number of ether oxygens (including phenoxy) is 1. The van der Waals surface area contributed by atoms with E-state index in [1.807, 2.05) is 42.3 Å². The minimum absolute atomic E-state index is 0.242. The van der Waals surface area contributed by atoms with Gasteiger partial charge in [-0.2, -0.15) is 4.98 Å². The first-order valence-electron chi connectivity index (χ1n) is 7.42. The second kappa shape index (κ2) is 6.95. The molecular formula is C18H17FN4O. The van der Waals surface area contributed by atoms with Crippen LogP contribution in [0.25, 0.3) is 0 Å². The molecule has 0 aliphatic carbocycles. The molecule has 0 bridgehead atoms. The quantitative estimate of drug-likeness (QED) is 0.776. The van der Waals surface area contributed by atoms with Crippen LogP contribution in [0, 0.1) is 5.82 Å². The molecule has 0 saturated heterocycles. The molecule has 1 aromatic heterocycles. The van der Waals surface area contributed by atoms with Crippen LogP contribution in [0.3, 0.4) is 0 Å². The van der Waals surface area contributed by atoms with Crippen molar-refractivity contribution in [3.05, 3.63) is 72.3 Å². The summed E-state index contributed by atoms with van der Waals surface area (Å²) < 4.78 is 18.6. The van der Waals surface area contributed by atoms with Crippen LogP contribution in [0.4, 0.5) is 15.9 Å². The van der Waals surface area contributed by atoms with Crippen molar-refractivity contribution >= 4 is 11.5 Å². The minimum atomic E-state index is -0.332. The SMILES string of the molecule is CN(Cc1ccccc1)c1ncnc(Oc2ccc(F)cc2)c1N. The zero-order chi connectivity index (χ0) is 16.9. The molecule has 122 valence electrons. The van der Waals surface area contributed by atoms with E-state index in [-0.39, 0.29) is 11.7 Å². The molecule has 3 aromatic rings. The van der Waals surface area contributed by atoms with Gasteiger partial charge in [-0.05, 0) is 29.8 Å². The normalized spacial score (nSPS) is 10.4. The van der Waals surface area contributed by atoms with Gasteiger partial charge in [0.2, 0.25) is 5.88 Å².